The highest BCUT2D eigenvalue weighted by atomic mass is 35.5. The maximum Gasteiger partial charge on any atom is 0.305 e. The Hall–Kier alpha value is -1.26. The first-order chi connectivity index (χ1) is 7.63. The Bertz CT molecular complexity index is 365. The predicted molar refractivity (Wildman–Crippen MR) is 59.9 cm³/mol. The minimum Gasteiger partial charge on any atom is -0.497 e. The van der Waals surface area contributed by atoms with Gasteiger partial charge in [-0.05, 0) is 17.7 Å². The quantitative estimate of drug-likeness (QED) is 0.781. The molecule has 0 spiro atoms. The molecule has 5 heteroatoms. The molecule has 0 aromatic heterocycles. The van der Waals surface area contributed by atoms with Gasteiger partial charge in [-0.25, -0.2) is 0 Å². The van der Waals surface area contributed by atoms with Crippen LogP contribution in [0.4, 0.5) is 0 Å². The largest absolute Gasteiger partial charge is 0.497 e. The monoisotopic (exact) mass is 244 g/mol. The van der Waals surface area contributed by atoms with E-state index in [4.69, 9.17) is 26.2 Å². The van der Waals surface area contributed by atoms with E-state index in [1.807, 2.05) is 0 Å². The van der Waals surface area contributed by atoms with Crippen LogP contribution in [0, 0.1) is 0 Å². The molecule has 0 atom stereocenters. The number of aliphatic carboxylic acids is 1. The first kappa shape index (κ1) is 12.8. The number of carboxylic acid groups (broad SMARTS) is 1. The highest BCUT2D eigenvalue weighted by molar-refractivity contribution is 6.31. The van der Waals surface area contributed by atoms with Gasteiger partial charge in [-0.2, -0.15) is 0 Å². The molecule has 0 radical (unpaired) electrons. The van der Waals surface area contributed by atoms with Crippen molar-refractivity contribution >= 4 is 17.6 Å². The van der Waals surface area contributed by atoms with E-state index >= 15 is 0 Å². The molecule has 0 aliphatic carbocycles. The third kappa shape index (κ3) is 4.08. The summed E-state index contributed by atoms with van der Waals surface area (Å²) in [7, 11) is 1.56. The zero-order valence-electron chi connectivity index (χ0n) is 8.90. The van der Waals surface area contributed by atoms with Gasteiger partial charge in [0.1, 0.15) is 5.75 Å². The molecular formula is C11H13ClO4. The predicted octanol–water partition coefficient (Wildman–Crippen LogP) is 2.34. The SMILES string of the molecule is COc1ccc(COCCC(=O)O)c(Cl)c1. The Kier molecular flexibility index (Phi) is 5.08. The number of benzene rings is 1. The first-order valence-corrected chi connectivity index (χ1v) is 5.13. The minimum absolute atomic E-state index is 0.00618. The molecular weight excluding hydrogens is 232 g/mol. The van der Waals surface area contributed by atoms with Crippen molar-refractivity contribution in [3.8, 4) is 5.75 Å². The lowest BCUT2D eigenvalue weighted by molar-refractivity contribution is -0.138. The maximum absolute atomic E-state index is 10.2. The lowest BCUT2D eigenvalue weighted by Crippen LogP contribution is -2.03. The van der Waals surface area contributed by atoms with Gasteiger partial charge < -0.3 is 14.6 Å². The van der Waals surface area contributed by atoms with Gasteiger partial charge in [0.2, 0.25) is 0 Å². The number of carbonyl (C=O) groups is 1. The number of carboxylic acids is 1. The van der Waals surface area contributed by atoms with E-state index in [1.165, 1.54) is 0 Å². The average molecular weight is 245 g/mol. The topological polar surface area (TPSA) is 55.8 Å². The van der Waals surface area contributed by atoms with Crippen LogP contribution >= 0.6 is 11.6 Å². The second-order valence-electron chi connectivity index (χ2n) is 3.15. The minimum atomic E-state index is -0.874. The van der Waals surface area contributed by atoms with Crippen LogP contribution in [0.5, 0.6) is 5.75 Å². The van der Waals surface area contributed by atoms with E-state index in [0.717, 1.165) is 5.56 Å². The molecule has 0 unspecified atom stereocenters. The molecule has 16 heavy (non-hydrogen) atoms. The van der Waals surface area contributed by atoms with Crippen molar-refractivity contribution in [1.82, 2.24) is 0 Å². The van der Waals surface area contributed by atoms with E-state index in [9.17, 15) is 4.79 Å². The molecule has 88 valence electrons. The Labute approximate surface area is 98.7 Å². The first-order valence-electron chi connectivity index (χ1n) is 4.75. The van der Waals surface area contributed by atoms with Crippen molar-refractivity contribution in [3.63, 3.8) is 0 Å². The van der Waals surface area contributed by atoms with Gasteiger partial charge >= 0.3 is 5.97 Å². The highest BCUT2D eigenvalue weighted by Crippen LogP contribution is 2.22. The lowest BCUT2D eigenvalue weighted by atomic mass is 10.2. The van der Waals surface area contributed by atoms with Crippen molar-refractivity contribution in [1.29, 1.82) is 0 Å². The van der Waals surface area contributed by atoms with Gasteiger partial charge in [0.15, 0.2) is 0 Å². The molecule has 1 aromatic carbocycles. The Morgan fingerprint density at radius 2 is 2.25 bits per heavy atom. The second-order valence-corrected chi connectivity index (χ2v) is 3.56. The van der Waals surface area contributed by atoms with Crippen molar-refractivity contribution in [3.05, 3.63) is 28.8 Å². The fraction of sp³-hybridized carbons (Fsp3) is 0.364. The molecule has 0 bridgehead atoms. The molecule has 1 rings (SSSR count). The van der Waals surface area contributed by atoms with Crippen LogP contribution in [-0.2, 0) is 16.1 Å². The Morgan fingerprint density at radius 1 is 1.50 bits per heavy atom. The van der Waals surface area contributed by atoms with Gasteiger partial charge in [-0.15, -0.1) is 0 Å². The van der Waals surface area contributed by atoms with Crippen LogP contribution in [0.25, 0.3) is 0 Å². The van der Waals surface area contributed by atoms with Gasteiger partial charge in [-0.3, -0.25) is 4.79 Å². The second kappa shape index (κ2) is 6.35. The number of hydrogen-bond donors (Lipinski definition) is 1. The molecule has 0 aliphatic heterocycles. The van der Waals surface area contributed by atoms with Crippen LogP contribution in [0.2, 0.25) is 5.02 Å². The van der Waals surface area contributed by atoms with Crippen LogP contribution in [-0.4, -0.2) is 24.8 Å². The van der Waals surface area contributed by atoms with Crippen molar-refractivity contribution in [2.75, 3.05) is 13.7 Å². The number of hydrogen-bond acceptors (Lipinski definition) is 3. The molecule has 0 saturated heterocycles. The van der Waals surface area contributed by atoms with E-state index < -0.39 is 5.97 Å². The molecule has 0 amide bonds. The van der Waals surface area contributed by atoms with Crippen molar-refractivity contribution in [2.24, 2.45) is 0 Å². The van der Waals surface area contributed by atoms with Crippen LogP contribution in [0.15, 0.2) is 18.2 Å². The number of methoxy groups -OCH3 is 1. The molecule has 0 fully saturated rings. The van der Waals surface area contributed by atoms with Crippen molar-refractivity contribution in [2.45, 2.75) is 13.0 Å². The van der Waals surface area contributed by atoms with Crippen molar-refractivity contribution < 1.29 is 19.4 Å². The smallest absolute Gasteiger partial charge is 0.305 e. The number of ether oxygens (including phenoxy) is 2. The summed E-state index contributed by atoms with van der Waals surface area (Å²) in [5, 5.41) is 8.96. The summed E-state index contributed by atoms with van der Waals surface area (Å²) in [5.74, 6) is -0.194. The summed E-state index contributed by atoms with van der Waals surface area (Å²) < 4.78 is 10.2. The third-order valence-corrected chi connectivity index (χ3v) is 2.33. The Morgan fingerprint density at radius 3 is 2.81 bits per heavy atom. The molecule has 0 aliphatic rings. The van der Waals surface area contributed by atoms with Crippen LogP contribution in [0.3, 0.4) is 0 Å². The molecule has 0 saturated carbocycles. The van der Waals surface area contributed by atoms with E-state index in [0.29, 0.717) is 17.4 Å². The van der Waals surface area contributed by atoms with E-state index in [2.05, 4.69) is 0 Å². The summed E-state index contributed by atoms with van der Waals surface area (Å²) in [4.78, 5) is 10.2. The standard InChI is InChI=1S/C11H13ClO4/c1-15-9-3-2-8(10(12)6-9)7-16-5-4-11(13)14/h2-3,6H,4-5,7H2,1H3,(H,13,14). The summed E-state index contributed by atoms with van der Waals surface area (Å²) in [5.41, 5.74) is 0.813. The summed E-state index contributed by atoms with van der Waals surface area (Å²) in [6, 6.07) is 5.27. The van der Waals surface area contributed by atoms with E-state index in [1.54, 1.807) is 25.3 Å². The summed E-state index contributed by atoms with van der Waals surface area (Å²) in [6.45, 7) is 0.480. The normalized spacial score (nSPS) is 10.1. The maximum atomic E-state index is 10.2. The van der Waals surface area contributed by atoms with Gasteiger partial charge in [0.25, 0.3) is 0 Å². The lowest BCUT2D eigenvalue weighted by Gasteiger charge is -2.07. The average Bonchev–Trinajstić information content (AvgIpc) is 2.25. The molecule has 1 N–H and O–H groups in total. The van der Waals surface area contributed by atoms with Gasteiger partial charge in [0.05, 0.1) is 26.7 Å². The highest BCUT2D eigenvalue weighted by Gasteiger charge is 2.03. The summed E-state index contributed by atoms with van der Waals surface area (Å²) >= 11 is 5.97. The van der Waals surface area contributed by atoms with Crippen LogP contribution < -0.4 is 4.74 Å². The zero-order valence-corrected chi connectivity index (χ0v) is 9.66. The van der Waals surface area contributed by atoms with E-state index in [-0.39, 0.29) is 13.0 Å². The zero-order chi connectivity index (χ0) is 12.0. The molecule has 0 heterocycles. The van der Waals surface area contributed by atoms with Crippen LogP contribution in [0.1, 0.15) is 12.0 Å². The number of rotatable bonds is 6. The Balaban J connectivity index is 2.45. The molecule has 4 nitrogen and oxygen atoms in total. The van der Waals surface area contributed by atoms with Gasteiger partial charge in [-0.1, -0.05) is 17.7 Å². The fourth-order valence-electron chi connectivity index (χ4n) is 1.11. The third-order valence-electron chi connectivity index (χ3n) is 1.98. The van der Waals surface area contributed by atoms with Gasteiger partial charge in [0, 0.05) is 5.02 Å². The molecule has 1 aromatic rings. The number of halogens is 1. The fourth-order valence-corrected chi connectivity index (χ4v) is 1.34. The summed E-state index contributed by atoms with van der Waals surface area (Å²) in [6.07, 6.45) is -0.00618.